The first-order valence-corrected chi connectivity index (χ1v) is 7.93. The molecule has 1 fully saturated rings. The summed E-state index contributed by atoms with van der Waals surface area (Å²) in [6.45, 7) is -1.76. The number of nitrogens with zero attached hydrogens (tertiary/aromatic N) is 1. The molecule has 1 aromatic rings. The van der Waals surface area contributed by atoms with Crippen molar-refractivity contribution in [2.24, 2.45) is 0 Å². The molecule has 0 spiro atoms. The zero-order chi connectivity index (χ0) is 21.3. The second-order valence-electron chi connectivity index (χ2n) is 6.19. The Balaban J connectivity index is 2.50. The summed E-state index contributed by atoms with van der Waals surface area (Å²) in [5.74, 6) is -1.55. The summed E-state index contributed by atoms with van der Waals surface area (Å²) in [5, 5.41) is 0. The van der Waals surface area contributed by atoms with Crippen LogP contribution in [0.25, 0.3) is 0 Å². The summed E-state index contributed by atoms with van der Waals surface area (Å²) in [5.41, 5.74) is -4.66. The van der Waals surface area contributed by atoms with Crippen LogP contribution in [-0.2, 0) is 17.1 Å². The fourth-order valence-electron chi connectivity index (χ4n) is 2.80. The molecule has 0 N–H and O–H groups in total. The minimum Gasteiger partial charge on any atom is -0.381 e. The summed E-state index contributed by atoms with van der Waals surface area (Å²) in [4.78, 5) is 12.8. The van der Waals surface area contributed by atoms with Gasteiger partial charge in [0.05, 0.1) is 11.1 Å². The molecular formula is C16H14F9NO2. The van der Waals surface area contributed by atoms with Crippen molar-refractivity contribution in [1.29, 1.82) is 0 Å². The average Bonchev–Trinajstić information content (AvgIpc) is 2.57. The second-order valence-corrected chi connectivity index (χ2v) is 6.19. The van der Waals surface area contributed by atoms with Gasteiger partial charge >= 0.3 is 18.5 Å². The Hall–Kier alpha value is -1.98. The Morgan fingerprint density at radius 2 is 1.36 bits per heavy atom. The standard InChI is InChI=1S/C16H14F9NO2/c17-14(18,19)8-26(12-1-3-28-4-2-12)13(27)9-5-10(15(20,21)22)7-11(6-9)16(23,24)25/h5-7,12H,1-4,8H2. The molecule has 0 aliphatic carbocycles. The molecule has 2 rings (SSSR count). The molecule has 1 aliphatic heterocycles. The SMILES string of the molecule is O=C(c1cc(C(F)(F)F)cc(C(F)(F)F)c1)N(CC(F)(F)F)C1CCOCC1. The first-order chi connectivity index (χ1) is 12.7. The minimum absolute atomic E-state index is 0.0166. The molecule has 1 heterocycles. The number of benzene rings is 1. The molecule has 0 saturated carbocycles. The van der Waals surface area contributed by atoms with E-state index in [1.54, 1.807) is 0 Å². The van der Waals surface area contributed by atoms with Crippen LogP contribution in [0.4, 0.5) is 39.5 Å². The van der Waals surface area contributed by atoms with Gasteiger partial charge in [0.1, 0.15) is 6.54 Å². The number of alkyl halides is 9. The third kappa shape index (κ3) is 5.76. The van der Waals surface area contributed by atoms with Gasteiger partial charge in [-0.1, -0.05) is 0 Å². The van der Waals surface area contributed by atoms with Gasteiger partial charge in [-0.15, -0.1) is 0 Å². The second kappa shape index (κ2) is 7.80. The molecular weight excluding hydrogens is 409 g/mol. The molecule has 1 amide bonds. The number of hydrogen-bond donors (Lipinski definition) is 0. The number of carbonyl (C=O) groups is 1. The van der Waals surface area contributed by atoms with E-state index in [0.29, 0.717) is 0 Å². The molecule has 1 aromatic carbocycles. The van der Waals surface area contributed by atoms with Gasteiger partial charge < -0.3 is 9.64 Å². The Kier molecular flexibility index (Phi) is 6.22. The predicted octanol–water partition coefficient (Wildman–Crippen LogP) is 4.91. The van der Waals surface area contributed by atoms with Crippen LogP contribution < -0.4 is 0 Å². The van der Waals surface area contributed by atoms with E-state index in [1.165, 1.54) is 0 Å². The number of hydrogen-bond acceptors (Lipinski definition) is 2. The van der Waals surface area contributed by atoms with Crippen molar-refractivity contribution >= 4 is 5.91 Å². The summed E-state index contributed by atoms with van der Waals surface area (Å²) < 4.78 is 121. The summed E-state index contributed by atoms with van der Waals surface area (Å²) in [6.07, 6.45) is -15.4. The van der Waals surface area contributed by atoms with Crippen molar-refractivity contribution in [2.45, 2.75) is 37.4 Å². The summed E-state index contributed by atoms with van der Waals surface area (Å²) in [6, 6.07) is -0.966. The van der Waals surface area contributed by atoms with E-state index in [9.17, 15) is 44.3 Å². The maximum atomic E-state index is 12.9. The van der Waals surface area contributed by atoms with Crippen molar-refractivity contribution < 1.29 is 49.0 Å². The minimum atomic E-state index is -5.22. The van der Waals surface area contributed by atoms with E-state index in [0.717, 1.165) is 0 Å². The van der Waals surface area contributed by atoms with Crippen LogP contribution in [0.2, 0.25) is 0 Å². The van der Waals surface area contributed by atoms with E-state index >= 15 is 0 Å². The van der Waals surface area contributed by atoms with Crippen LogP contribution in [0.15, 0.2) is 18.2 Å². The van der Waals surface area contributed by atoms with Crippen LogP contribution in [0.5, 0.6) is 0 Å². The number of carbonyl (C=O) groups excluding carboxylic acids is 1. The quantitative estimate of drug-likeness (QED) is 0.647. The third-order valence-electron chi connectivity index (χ3n) is 4.08. The Labute approximate surface area is 153 Å². The maximum absolute atomic E-state index is 12.9. The van der Waals surface area contributed by atoms with Gasteiger partial charge in [-0.25, -0.2) is 0 Å². The lowest BCUT2D eigenvalue weighted by Crippen LogP contribution is -2.48. The molecule has 12 heteroatoms. The van der Waals surface area contributed by atoms with Crippen LogP contribution >= 0.6 is 0 Å². The topological polar surface area (TPSA) is 29.5 Å². The largest absolute Gasteiger partial charge is 0.416 e. The zero-order valence-corrected chi connectivity index (χ0v) is 14.0. The van der Waals surface area contributed by atoms with E-state index in [1.807, 2.05) is 0 Å². The van der Waals surface area contributed by atoms with Crippen LogP contribution in [-0.4, -0.2) is 42.8 Å². The maximum Gasteiger partial charge on any atom is 0.416 e. The lowest BCUT2D eigenvalue weighted by molar-refractivity contribution is -0.148. The van der Waals surface area contributed by atoms with Crippen LogP contribution in [0.1, 0.15) is 34.3 Å². The molecule has 0 unspecified atom stereocenters. The van der Waals surface area contributed by atoms with E-state index in [2.05, 4.69) is 0 Å². The normalized spacial score (nSPS) is 16.9. The molecule has 1 saturated heterocycles. The van der Waals surface area contributed by atoms with Crippen molar-refractivity contribution in [1.82, 2.24) is 4.90 Å². The highest BCUT2D eigenvalue weighted by molar-refractivity contribution is 5.95. The van der Waals surface area contributed by atoms with Crippen molar-refractivity contribution in [2.75, 3.05) is 19.8 Å². The summed E-state index contributed by atoms with van der Waals surface area (Å²) >= 11 is 0. The lowest BCUT2D eigenvalue weighted by atomic mass is 10.0. The van der Waals surface area contributed by atoms with E-state index in [-0.39, 0.29) is 49.2 Å². The highest BCUT2D eigenvalue weighted by Crippen LogP contribution is 2.37. The highest BCUT2D eigenvalue weighted by Gasteiger charge is 2.41. The first kappa shape index (κ1) is 22.3. The smallest absolute Gasteiger partial charge is 0.381 e. The van der Waals surface area contributed by atoms with Gasteiger partial charge in [-0.05, 0) is 31.0 Å². The molecule has 3 nitrogen and oxygen atoms in total. The van der Waals surface area contributed by atoms with Crippen LogP contribution in [0.3, 0.4) is 0 Å². The average molecular weight is 423 g/mol. The van der Waals surface area contributed by atoms with Crippen LogP contribution in [0, 0.1) is 0 Å². The number of rotatable bonds is 3. The Morgan fingerprint density at radius 3 is 1.75 bits per heavy atom. The number of halogens is 9. The fourth-order valence-corrected chi connectivity index (χ4v) is 2.80. The zero-order valence-electron chi connectivity index (χ0n) is 14.0. The highest BCUT2D eigenvalue weighted by atomic mass is 19.4. The Morgan fingerprint density at radius 1 is 0.893 bits per heavy atom. The van der Waals surface area contributed by atoms with E-state index in [4.69, 9.17) is 4.74 Å². The molecule has 0 aromatic heterocycles. The van der Waals surface area contributed by atoms with Gasteiger partial charge in [0.2, 0.25) is 0 Å². The third-order valence-corrected chi connectivity index (χ3v) is 4.08. The molecule has 0 radical (unpaired) electrons. The fraction of sp³-hybridized carbons (Fsp3) is 0.562. The lowest BCUT2D eigenvalue weighted by Gasteiger charge is -2.35. The molecule has 0 bridgehead atoms. The van der Waals surface area contributed by atoms with Gasteiger partial charge in [0.25, 0.3) is 5.91 Å². The Bertz CT molecular complexity index is 671. The van der Waals surface area contributed by atoms with E-state index < -0.39 is 53.7 Å². The number of amides is 1. The monoisotopic (exact) mass is 423 g/mol. The number of ether oxygens (including phenoxy) is 1. The molecule has 0 atom stereocenters. The molecule has 1 aliphatic rings. The van der Waals surface area contributed by atoms with Crippen molar-refractivity contribution in [3.05, 3.63) is 34.9 Å². The van der Waals surface area contributed by atoms with Gasteiger partial charge in [-0.3, -0.25) is 4.79 Å². The summed E-state index contributed by atoms with van der Waals surface area (Å²) in [7, 11) is 0. The predicted molar refractivity (Wildman–Crippen MR) is 77.4 cm³/mol. The molecule has 158 valence electrons. The molecule has 28 heavy (non-hydrogen) atoms. The van der Waals surface area contributed by atoms with Gasteiger partial charge in [-0.2, -0.15) is 39.5 Å². The first-order valence-electron chi connectivity index (χ1n) is 7.93. The van der Waals surface area contributed by atoms with Crippen molar-refractivity contribution in [3.63, 3.8) is 0 Å². The van der Waals surface area contributed by atoms with Gasteiger partial charge in [0.15, 0.2) is 0 Å². The van der Waals surface area contributed by atoms with Crippen molar-refractivity contribution in [3.8, 4) is 0 Å². The van der Waals surface area contributed by atoms with Gasteiger partial charge in [0, 0.05) is 24.8 Å².